The van der Waals surface area contributed by atoms with Crippen molar-refractivity contribution < 1.29 is 24.6 Å². The zero-order valence-corrected chi connectivity index (χ0v) is 15.8. The van der Waals surface area contributed by atoms with E-state index in [0.717, 1.165) is 16.7 Å². The molecule has 2 aromatic carbocycles. The quantitative estimate of drug-likeness (QED) is 0.584. The minimum Gasteiger partial charge on any atom is -0.481 e. The Hall–Kier alpha value is -3.15. The molecule has 1 unspecified atom stereocenters. The van der Waals surface area contributed by atoms with E-state index in [4.69, 9.17) is 5.11 Å². The molecule has 6 nitrogen and oxygen atoms in total. The zero-order valence-electron chi connectivity index (χ0n) is 15.8. The second-order valence-corrected chi connectivity index (χ2v) is 6.90. The molecule has 0 radical (unpaired) electrons. The van der Waals surface area contributed by atoms with E-state index in [-0.39, 0.29) is 31.2 Å². The molecule has 0 saturated heterocycles. The lowest BCUT2D eigenvalue weighted by molar-refractivity contribution is -0.141. The molecule has 2 aromatic rings. The van der Waals surface area contributed by atoms with Crippen LogP contribution in [0, 0.1) is 5.92 Å². The van der Waals surface area contributed by atoms with Gasteiger partial charge in [-0.25, -0.2) is 0 Å². The van der Waals surface area contributed by atoms with Crippen LogP contribution >= 0.6 is 0 Å². The minimum atomic E-state index is -1.04. The first-order chi connectivity index (χ1) is 13.3. The number of carboxylic acids is 2. The molecule has 0 spiro atoms. The van der Waals surface area contributed by atoms with Crippen LogP contribution in [0.5, 0.6) is 0 Å². The first-order valence-electron chi connectivity index (χ1n) is 9.23. The number of carboxylic acid groups (broad SMARTS) is 2. The lowest BCUT2D eigenvalue weighted by Crippen LogP contribution is -2.38. The third-order valence-corrected chi connectivity index (χ3v) is 4.53. The molecule has 0 fully saturated rings. The summed E-state index contributed by atoms with van der Waals surface area (Å²) in [5.74, 6) is -2.97. The summed E-state index contributed by atoms with van der Waals surface area (Å²) in [6.07, 6.45) is 0.374. The molecule has 0 bridgehead atoms. The number of aliphatic carboxylic acids is 2. The van der Waals surface area contributed by atoms with Crippen molar-refractivity contribution in [2.75, 3.05) is 0 Å². The molecular formula is C22H25NO5. The lowest BCUT2D eigenvalue weighted by atomic mass is 9.95. The van der Waals surface area contributed by atoms with E-state index in [1.54, 1.807) is 6.92 Å². The van der Waals surface area contributed by atoms with Crippen LogP contribution in [0.3, 0.4) is 0 Å². The van der Waals surface area contributed by atoms with E-state index >= 15 is 0 Å². The Morgan fingerprint density at radius 1 is 0.893 bits per heavy atom. The van der Waals surface area contributed by atoms with Gasteiger partial charge in [0.15, 0.2) is 0 Å². The molecule has 0 heterocycles. The van der Waals surface area contributed by atoms with Gasteiger partial charge >= 0.3 is 11.9 Å². The van der Waals surface area contributed by atoms with Gasteiger partial charge < -0.3 is 15.5 Å². The number of nitrogens with one attached hydrogen (secondary N) is 1. The molecule has 28 heavy (non-hydrogen) atoms. The zero-order chi connectivity index (χ0) is 20.5. The van der Waals surface area contributed by atoms with Gasteiger partial charge in [0.1, 0.15) is 0 Å². The third kappa shape index (κ3) is 6.87. The van der Waals surface area contributed by atoms with Crippen molar-refractivity contribution in [1.29, 1.82) is 0 Å². The maximum absolute atomic E-state index is 12.0. The first-order valence-corrected chi connectivity index (χ1v) is 9.23. The average Bonchev–Trinajstić information content (AvgIpc) is 2.67. The fourth-order valence-electron chi connectivity index (χ4n) is 2.99. The number of hydrogen-bond acceptors (Lipinski definition) is 3. The van der Waals surface area contributed by atoms with E-state index in [1.165, 1.54) is 0 Å². The lowest BCUT2D eigenvalue weighted by Gasteiger charge is -2.21. The Morgan fingerprint density at radius 3 is 2.07 bits per heavy atom. The maximum atomic E-state index is 12.0. The predicted molar refractivity (Wildman–Crippen MR) is 106 cm³/mol. The molecule has 2 atom stereocenters. The summed E-state index contributed by atoms with van der Waals surface area (Å²) in [5, 5.41) is 20.7. The Bertz CT molecular complexity index is 801. The van der Waals surface area contributed by atoms with Crippen LogP contribution in [0.4, 0.5) is 0 Å². The Kier molecular flexibility index (Phi) is 7.75. The smallest absolute Gasteiger partial charge is 0.306 e. The van der Waals surface area contributed by atoms with E-state index in [2.05, 4.69) is 5.32 Å². The number of rotatable bonds is 10. The van der Waals surface area contributed by atoms with E-state index < -0.39 is 17.9 Å². The van der Waals surface area contributed by atoms with Crippen LogP contribution in [0.25, 0.3) is 11.1 Å². The molecule has 0 aliphatic carbocycles. The largest absolute Gasteiger partial charge is 0.481 e. The molecule has 3 N–H and O–H groups in total. The summed E-state index contributed by atoms with van der Waals surface area (Å²) in [5.41, 5.74) is 3.15. The van der Waals surface area contributed by atoms with Gasteiger partial charge in [-0.1, -0.05) is 61.5 Å². The highest BCUT2D eigenvalue weighted by molar-refractivity contribution is 5.81. The maximum Gasteiger partial charge on any atom is 0.306 e. The van der Waals surface area contributed by atoms with Crippen molar-refractivity contribution in [1.82, 2.24) is 5.32 Å². The molecule has 0 aliphatic rings. The highest BCUT2D eigenvalue weighted by Crippen LogP contribution is 2.20. The topological polar surface area (TPSA) is 104 Å². The summed E-state index contributed by atoms with van der Waals surface area (Å²) >= 11 is 0. The van der Waals surface area contributed by atoms with Gasteiger partial charge in [0.25, 0.3) is 0 Å². The number of hydrogen-bond donors (Lipinski definition) is 3. The molecule has 2 rings (SSSR count). The van der Waals surface area contributed by atoms with Gasteiger partial charge in [0.2, 0.25) is 5.91 Å². The minimum absolute atomic E-state index is 0.125. The molecule has 0 saturated carbocycles. The van der Waals surface area contributed by atoms with Crippen LogP contribution in [-0.2, 0) is 20.8 Å². The number of carbonyl (C=O) groups excluding carboxylic acids is 1. The average molecular weight is 383 g/mol. The van der Waals surface area contributed by atoms with Crippen molar-refractivity contribution in [2.24, 2.45) is 5.92 Å². The Balaban J connectivity index is 2.06. The van der Waals surface area contributed by atoms with Crippen LogP contribution in [0.1, 0.15) is 31.7 Å². The number of amides is 1. The van der Waals surface area contributed by atoms with Crippen molar-refractivity contribution >= 4 is 17.8 Å². The first kappa shape index (κ1) is 21.2. The van der Waals surface area contributed by atoms with E-state index in [1.807, 2.05) is 54.6 Å². The fraction of sp³-hybridized carbons (Fsp3) is 0.318. The van der Waals surface area contributed by atoms with Crippen LogP contribution in [0.15, 0.2) is 54.6 Å². The number of benzene rings is 2. The fourth-order valence-corrected chi connectivity index (χ4v) is 2.99. The summed E-state index contributed by atoms with van der Waals surface area (Å²) in [4.78, 5) is 33.9. The highest BCUT2D eigenvalue weighted by atomic mass is 16.4. The summed E-state index contributed by atoms with van der Waals surface area (Å²) in [6.45, 7) is 1.59. The molecule has 0 aromatic heterocycles. The van der Waals surface area contributed by atoms with Gasteiger partial charge in [0.05, 0.1) is 12.3 Å². The molecular weight excluding hydrogens is 358 g/mol. The van der Waals surface area contributed by atoms with Crippen LogP contribution in [-0.4, -0.2) is 34.1 Å². The van der Waals surface area contributed by atoms with Gasteiger partial charge in [-0.3, -0.25) is 14.4 Å². The van der Waals surface area contributed by atoms with Gasteiger partial charge in [0, 0.05) is 12.5 Å². The second-order valence-electron chi connectivity index (χ2n) is 6.90. The molecule has 1 amide bonds. The van der Waals surface area contributed by atoms with Crippen molar-refractivity contribution in [2.45, 2.75) is 38.6 Å². The standard InChI is InChI=1S/C22H25NO5/c1-15(22(27)28)13-19(23-20(24)11-12-21(25)26)14-16-7-9-18(10-8-16)17-5-3-2-4-6-17/h2-10,15,19H,11-14H2,1H3,(H,23,24)(H,25,26)(H,27,28)/t15-,19?/m1/s1. The molecule has 6 heteroatoms. The van der Waals surface area contributed by atoms with Crippen molar-refractivity contribution in [3.05, 3.63) is 60.2 Å². The monoisotopic (exact) mass is 383 g/mol. The van der Waals surface area contributed by atoms with Gasteiger partial charge in [-0.2, -0.15) is 0 Å². The predicted octanol–water partition coefficient (Wildman–Crippen LogP) is 3.36. The van der Waals surface area contributed by atoms with Crippen LogP contribution < -0.4 is 5.32 Å². The highest BCUT2D eigenvalue weighted by Gasteiger charge is 2.20. The van der Waals surface area contributed by atoms with E-state index in [0.29, 0.717) is 6.42 Å². The van der Waals surface area contributed by atoms with E-state index in [9.17, 15) is 19.5 Å². The van der Waals surface area contributed by atoms with Gasteiger partial charge in [-0.15, -0.1) is 0 Å². The summed E-state index contributed by atoms with van der Waals surface area (Å²) in [7, 11) is 0. The molecule has 0 aliphatic heterocycles. The second kappa shape index (κ2) is 10.3. The normalized spacial score (nSPS) is 12.8. The third-order valence-electron chi connectivity index (χ3n) is 4.53. The van der Waals surface area contributed by atoms with Crippen LogP contribution in [0.2, 0.25) is 0 Å². The SMILES string of the molecule is C[C@H](CC(Cc1ccc(-c2ccccc2)cc1)NC(=O)CCC(=O)O)C(=O)O. The van der Waals surface area contributed by atoms with Crippen molar-refractivity contribution in [3.8, 4) is 11.1 Å². The van der Waals surface area contributed by atoms with Crippen molar-refractivity contribution in [3.63, 3.8) is 0 Å². The van der Waals surface area contributed by atoms with Gasteiger partial charge in [-0.05, 0) is 29.5 Å². The molecule has 148 valence electrons. The summed E-state index contributed by atoms with van der Waals surface area (Å²) in [6, 6.07) is 17.5. The summed E-state index contributed by atoms with van der Waals surface area (Å²) < 4.78 is 0. The Labute approximate surface area is 164 Å². The number of carbonyl (C=O) groups is 3. The Morgan fingerprint density at radius 2 is 1.50 bits per heavy atom.